The number of fused-ring (bicyclic) bond motifs is 1. The van der Waals surface area contributed by atoms with Gasteiger partial charge >= 0.3 is 0 Å². The molecule has 0 radical (unpaired) electrons. The van der Waals surface area contributed by atoms with Gasteiger partial charge in [-0.05, 0) is 42.7 Å². The number of nitrogens with zero attached hydrogens (tertiary/aromatic N) is 2. The Morgan fingerprint density at radius 2 is 1.65 bits per heavy atom. The Labute approximate surface area is 200 Å². The second kappa shape index (κ2) is 10.2. The zero-order valence-electron chi connectivity index (χ0n) is 19.8. The number of methoxy groups -OCH3 is 3. The molecule has 0 unspecified atom stereocenters. The number of hydrogen-bond donors (Lipinski definition) is 1. The molecule has 0 aromatic heterocycles. The lowest BCUT2D eigenvalue weighted by molar-refractivity contribution is -0.116. The van der Waals surface area contributed by atoms with Gasteiger partial charge in [0.05, 0.1) is 26.2 Å². The van der Waals surface area contributed by atoms with E-state index in [0.29, 0.717) is 74.9 Å². The van der Waals surface area contributed by atoms with Gasteiger partial charge in [0.2, 0.25) is 21.7 Å². The Morgan fingerprint density at radius 3 is 2.32 bits per heavy atom. The minimum absolute atomic E-state index is 0.0309. The Hall–Kier alpha value is -2.82. The molecule has 1 N–H and O–H groups in total. The fourth-order valence-electron chi connectivity index (χ4n) is 4.52. The number of anilines is 1. The van der Waals surface area contributed by atoms with E-state index in [2.05, 4.69) is 10.2 Å². The highest BCUT2D eigenvalue weighted by molar-refractivity contribution is 7.89. The van der Waals surface area contributed by atoms with Crippen molar-refractivity contribution in [3.63, 3.8) is 0 Å². The third-order valence-electron chi connectivity index (χ3n) is 6.35. The summed E-state index contributed by atoms with van der Waals surface area (Å²) in [5.41, 5.74) is 2.52. The number of benzene rings is 2. The summed E-state index contributed by atoms with van der Waals surface area (Å²) < 4.78 is 44.6. The number of hydrogen-bond acceptors (Lipinski definition) is 7. The van der Waals surface area contributed by atoms with Gasteiger partial charge in [-0.1, -0.05) is 6.07 Å². The van der Waals surface area contributed by atoms with Gasteiger partial charge in [-0.25, -0.2) is 8.42 Å². The summed E-state index contributed by atoms with van der Waals surface area (Å²) >= 11 is 0. The summed E-state index contributed by atoms with van der Waals surface area (Å²) in [7, 11) is 1.13. The van der Waals surface area contributed by atoms with Crippen LogP contribution >= 0.6 is 0 Å². The lowest BCUT2D eigenvalue weighted by Crippen LogP contribution is -2.48. The molecule has 2 aliphatic heterocycles. The monoisotopic (exact) mass is 489 g/mol. The van der Waals surface area contributed by atoms with Crippen molar-refractivity contribution in [2.24, 2.45) is 0 Å². The van der Waals surface area contributed by atoms with Gasteiger partial charge in [0.25, 0.3) is 0 Å². The molecule has 2 heterocycles. The van der Waals surface area contributed by atoms with Crippen LogP contribution in [-0.4, -0.2) is 71.0 Å². The average Bonchev–Trinajstić information content (AvgIpc) is 3.03. The molecule has 0 bridgehead atoms. The summed E-state index contributed by atoms with van der Waals surface area (Å²) in [6, 6.07) is 8.78. The quantitative estimate of drug-likeness (QED) is 0.638. The minimum atomic E-state index is -3.62. The van der Waals surface area contributed by atoms with Crippen LogP contribution in [0.1, 0.15) is 24.0 Å². The van der Waals surface area contributed by atoms with Crippen LogP contribution in [0.2, 0.25) is 0 Å². The van der Waals surface area contributed by atoms with E-state index in [4.69, 9.17) is 14.2 Å². The molecule has 10 heteroatoms. The van der Waals surface area contributed by atoms with Crippen LogP contribution in [0.3, 0.4) is 0 Å². The van der Waals surface area contributed by atoms with Gasteiger partial charge < -0.3 is 19.5 Å². The van der Waals surface area contributed by atoms with Crippen molar-refractivity contribution >= 4 is 21.6 Å². The van der Waals surface area contributed by atoms with Crippen LogP contribution in [0.25, 0.3) is 0 Å². The molecule has 0 saturated carbocycles. The summed E-state index contributed by atoms with van der Waals surface area (Å²) in [6.45, 7) is 2.59. The third kappa shape index (κ3) is 4.84. The van der Waals surface area contributed by atoms with Gasteiger partial charge in [-0.15, -0.1) is 0 Å². The number of amides is 1. The first-order chi connectivity index (χ1) is 16.4. The maximum Gasteiger partial charge on any atom is 0.243 e. The van der Waals surface area contributed by atoms with Crippen LogP contribution in [0.15, 0.2) is 35.2 Å². The number of sulfonamides is 1. The van der Waals surface area contributed by atoms with Gasteiger partial charge in [-0.3, -0.25) is 9.69 Å². The van der Waals surface area contributed by atoms with Crippen LogP contribution < -0.4 is 19.5 Å². The molecule has 0 atom stereocenters. The second-order valence-electron chi connectivity index (χ2n) is 8.39. The first-order valence-electron chi connectivity index (χ1n) is 11.3. The number of aryl methyl sites for hydroxylation is 1. The standard InChI is InChI=1S/C24H31N3O6S/c1-31-21-10-7-18(23(32-2)24(21)33-3)16-26-11-13-27(14-12-26)34(29,30)19-8-9-20-17(15-19)5-4-6-22(28)25-20/h7-10,15H,4-6,11-14,16H2,1-3H3,(H,25,28). The van der Waals surface area contributed by atoms with Crippen molar-refractivity contribution in [1.82, 2.24) is 9.21 Å². The SMILES string of the molecule is COc1ccc(CN2CCN(S(=O)(=O)c3ccc4c(c3)CCCC(=O)N4)CC2)c(OC)c1OC. The fourth-order valence-corrected chi connectivity index (χ4v) is 5.99. The molecule has 1 amide bonds. The van der Waals surface area contributed by atoms with Crippen molar-refractivity contribution in [3.8, 4) is 17.2 Å². The van der Waals surface area contributed by atoms with Crippen LogP contribution in [-0.2, 0) is 27.8 Å². The van der Waals surface area contributed by atoms with E-state index in [1.165, 1.54) is 4.31 Å². The molecule has 34 heavy (non-hydrogen) atoms. The van der Waals surface area contributed by atoms with E-state index >= 15 is 0 Å². The van der Waals surface area contributed by atoms with Crippen LogP contribution in [0.5, 0.6) is 17.2 Å². The maximum absolute atomic E-state index is 13.3. The molecule has 1 saturated heterocycles. The molecule has 9 nitrogen and oxygen atoms in total. The Bertz CT molecular complexity index is 1160. The Kier molecular flexibility index (Phi) is 7.30. The zero-order valence-corrected chi connectivity index (χ0v) is 20.6. The lowest BCUT2D eigenvalue weighted by atomic mass is 10.1. The molecule has 184 valence electrons. The molecular weight excluding hydrogens is 458 g/mol. The molecule has 2 aromatic carbocycles. The molecule has 1 fully saturated rings. The summed E-state index contributed by atoms with van der Waals surface area (Å²) in [4.78, 5) is 14.3. The number of rotatable bonds is 7. The topological polar surface area (TPSA) is 97.4 Å². The summed E-state index contributed by atoms with van der Waals surface area (Å²) in [5, 5.41) is 2.85. The van der Waals surface area contributed by atoms with E-state index in [0.717, 1.165) is 11.1 Å². The van der Waals surface area contributed by atoms with Crippen molar-refractivity contribution in [2.45, 2.75) is 30.7 Å². The highest BCUT2D eigenvalue weighted by atomic mass is 32.2. The first kappa shape index (κ1) is 24.3. The van der Waals surface area contributed by atoms with Crippen molar-refractivity contribution in [3.05, 3.63) is 41.5 Å². The highest BCUT2D eigenvalue weighted by Gasteiger charge is 2.30. The molecule has 0 spiro atoms. The number of ether oxygens (including phenoxy) is 3. The van der Waals surface area contributed by atoms with Gasteiger partial charge in [0.15, 0.2) is 11.5 Å². The fraction of sp³-hybridized carbons (Fsp3) is 0.458. The van der Waals surface area contributed by atoms with Crippen LogP contribution in [0, 0.1) is 0 Å². The normalized spacial score (nSPS) is 17.4. The molecule has 2 aromatic rings. The van der Waals surface area contributed by atoms with E-state index in [9.17, 15) is 13.2 Å². The van der Waals surface area contributed by atoms with Crippen molar-refractivity contribution in [1.29, 1.82) is 0 Å². The highest BCUT2D eigenvalue weighted by Crippen LogP contribution is 2.40. The second-order valence-corrected chi connectivity index (χ2v) is 10.3. The smallest absolute Gasteiger partial charge is 0.243 e. The predicted octanol–water partition coefficient (Wildman–Crippen LogP) is 2.49. The van der Waals surface area contributed by atoms with E-state index in [1.807, 2.05) is 12.1 Å². The number of carbonyl (C=O) groups excluding carboxylic acids is 1. The maximum atomic E-state index is 13.3. The minimum Gasteiger partial charge on any atom is -0.493 e. The van der Waals surface area contributed by atoms with E-state index in [1.54, 1.807) is 39.5 Å². The van der Waals surface area contributed by atoms with Gasteiger partial charge in [-0.2, -0.15) is 4.31 Å². The Balaban J connectivity index is 1.45. The molecule has 2 aliphatic rings. The van der Waals surface area contributed by atoms with Gasteiger partial charge in [0, 0.05) is 50.4 Å². The van der Waals surface area contributed by atoms with Crippen molar-refractivity contribution < 1.29 is 27.4 Å². The third-order valence-corrected chi connectivity index (χ3v) is 8.24. The lowest BCUT2D eigenvalue weighted by Gasteiger charge is -2.34. The average molecular weight is 490 g/mol. The number of nitrogens with one attached hydrogen (secondary N) is 1. The Morgan fingerprint density at radius 1 is 0.912 bits per heavy atom. The largest absolute Gasteiger partial charge is 0.493 e. The van der Waals surface area contributed by atoms with E-state index in [-0.39, 0.29) is 10.8 Å². The van der Waals surface area contributed by atoms with E-state index < -0.39 is 10.0 Å². The summed E-state index contributed by atoms with van der Waals surface area (Å²) in [5.74, 6) is 1.73. The summed E-state index contributed by atoms with van der Waals surface area (Å²) in [6.07, 6.45) is 1.84. The molecule has 0 aliphatic carbocycles. The number of piperazine rings is 1. The van der Waals surface area contributed by atoms with Gasteiger partial charge in [0.1, 0.15) is 0 Å². The zero-order chi connectivity index (χ0) is 24.3. The molecular formula is C24H31N3O6S. The van der Waals surface area contributed by atoms with Crippen LogP contribution in [0.4, 0.5) is 5.69 Å². The van der Waals surface area contributed by atoms with Crippen molar-refractivity contribution in [2.75, 3.05) is 52.8 Å². The molecule has 4 rings (SSSR count). The first-order valence-corrected chi connectivity index (χ1v) is 12.7. The number of carbonyl (C=O) groups is 1. The predicted molar refractivity (Wildman–Crippen MR) is 128 cm³/mol.